The molecule has 0 saturated heterocycles. The second kappa shape index (κ2) is 7.81. The van der Waals surface area contributed by atoms with Crippen molar-refractivity contribution in [3.05, 3.63) is 58.9 Å². The molecule has 0 aliphatic rings. The van der Waals surface area contributed by atoms with Crippen molar-refractivity contribution in [3.63, 3.8) is 0 Å². The highest BCUT2D eigenvalue weighted by Gasteiger charge is 2.18. The van der Waals surface area contributed by atoms with Gasteiger partial charge in [0.25, 0.3) is 15.9 Å². The maximum Gasteiger partial charge on any atom is 0.261 e. The first kappa shape index (κ1) is 19.2. The molecule has 134 valence electrons. The monoisotopic (exact) mass is 386 g/mol. The van der Waals surface area contributed by atoms with Crippen LogP contribution in [0.15, 0.2) is 47.4 Å². The van der Waals surface area contributed by atoms with Gasteiger partial charge in [0.1, 0.15) is 5.82 Å². The highest BCUT2D eigenvalue weighted by atomic mass is 35.5. The van der Waals surface area contributed by atoms with Crippen molar-refractivity contribution in [2.24, 2.45) is 0 Å². The molecule has 0 aromatic heterocycles. The molecule has 0 aliphatic heterocycles. The van der Waals surface area contributed by atoms with E-state index in [0.29, 0.717) is 0 Å². The second-order valence-corrected chi connectivity index (χ2v) is 7.40. The first-order chi connectivity index (χ1) is 11.7. The minimum Gasteiger partial charge on any atom is -0.394 e. The van der Waals surface area contributed by atoms with E-state index in [9.17, 15) is 17.6 Å². The average molecular weight is 387 g/mol. The lowest BCUT2D eigenvalue weighted by molar-refractivity contribution is 0.0922. The number of carbonyl (C=O) groups is 1. The van der Waals surface area contributed by atoms with Crippen molar-refractivity contribution in [2.75, 3.05) is 11.3 Å². The molecule has 0 spiro atoms. The number of halogens is 2. The lowest BCUT2D eigenvalue weighted by Gasteiger charge is -2.13. The number of aliphatic hydroxyl groups is 1. The molecule has 2 aromatic carbocycles. The lowest BCUT2D eigenvalue weighted by Crippen LogP contribution is -2.35. The Balaban J connectivity index is 2.28. The van der Waals surface area contributed by atoms with Crippen LogP contribution in [0.25, 0.3) is 0 Å². The summed E-state index contributed by atoms with van der Waals surface area (Å²) < 4.78 is 39.9. The van der Waals surface area contributed by atoms with Crippen LogP contribution in [-0.2, 0) is 10.0 Å². The van der Waals surface area contributed by atoms with E-state index in [0.717, 1.165) is 24.3 Å². The molecule has 2 rings (SSSR count). The van der Waals surface area contributed by atoms with Crippen molar-refractivity contribution in [3.8, 4) is 0 Å². The molecule has 1 unspecified atom stereocenters. The van der Waals surface area contributed by atoms with Crippen LogP contribution < -0.4 is 10.0 Å². The molecule has 1 amide bonds. The highest BCUT2D eigenvalue weighted by molar-refractivity contribution is 7.92. The van der Waals surface area contributed by atoms with Crippen LogP contribution in [0.3, 0.4) is 0 Å². The minimum absolute atomic E-state index is 0.00953. The van der Waals surface area contributed by atoms with Gasteiger partial charge in [0.2, 0.25) is 0 Å². The summed E-state index contributed by atoms with van der Waals surface area (Å²) in [5.74, 6) is -1.05. The van der Waals surface area contributed by atoms with Gasteiger partial charge in [0.05, 0.1) is 22.2 Å². The van der Waals surface area contributed by atoms with Gasteiger partial charge in [-0.2, -0.15) is 0 Å². The Morgan fingerprint density at radius 3 is 2.48 bits per heavy atom. The number of amides is 1. The number of benzene rings is 2. The molecule has 1 atom stereocenters. The van der Waals surface area contributed by atoms with Gasteiger partial charge in [-0.1, -0.05) is 11.6 Å². The number of sulfonamides is 1. The Morgan fingerprint density at radius 1 is 1.24 bits per heavy atom. The molecule has 2 aromatic rings. The summed E-state index contributed by atoms with van der Waals surface area (Å²) in [5.41, 5.74) is 0.178. The molecule has 3 N–H and O–H groups in total. The lowest BCUT2D eigenvalue weighted by atomic mass is 10.2. The van der Waals surface area contributed by atoms with Crippen LogP contribution in [0.1, 0.15) is 17.3 Å². The predicted octanol–water partition coefficient (Wildman–Crippen LogP) is 2.39. The number of anilines is 1. The minimum atomic E-state index is -4.00. The topological polar surface area (TPSA) is 95.5 Å². The summed E-state index contributed by atoms with van der Waals surface area (Å²) in [6.07, 6.45) is 0. The van der Waals surface area contributed by atoms with Crippen LogP contribution in [0.5, 0.6) is 0 Å². The maximum absolute atomic E-state index is 12.9. The maximum atomic E-state index is 12.9. The smallest absolute Gasteiger partial charge is 0.261 e. The van der Waals surface area contributed by atoms with Crippen LogP contribution in [0, 0.1) is 5.82 Å². The van der Waals surface area contributed by atoms with E-state index in [1.165, 1.54) is 18.2 Å². The number of nitrogens with one attached hydrogen (secondary N) is 2. The van der Waals surface area contributed by atoms with E-state index in [1.54, 1.807) is 6.92 Å². The zero-order chi connectivity index (χ0) is 18.6. The van der Waals surface area contributed by atoms with Gasteiger partial charge in [0, 0.05) is 11.6 Å². The van der Waals surface area contributed by atoms with Crippen LogP contribution in [0.4, 0.5) is 10.1 Å². The summed E-state index contributed by atoms with van der Waals surface area (Å²) in [5, 5.41) is 11.6. The fraction of sp³-hybridized carbons (Fsp3) is 0.188. The highest BCUT2D eigenvalue weighted by Crippen LogP contribution is 2.26. The van der Waals surface area contributed by atoms with Crippen molar-refractivity contribution in [1.82, 2.24) is 5.32 Å². The van der Waals surface area contributed by atoms with Gasteiger partial charge in [-0.25, -0.2) is 12.8 Å². The Bertz CT molecular complexity index is 872. The zero-order valence-corrected chi connectivity index (χ0v) is 14.7. The molecule has 0 aliphatic carbocycles. The molecule has 6 nitrogen and oxygen atoms in total. The molecular formula is C16H16ClFN2O4S. The zero-order valence-electron chi connectivity index (χ0n) is 13.2. The Kier molecular flexibility index (Phi) is 5.99. The van der Waals surface area contributed by atoms with Crippen molar-refractivity contribution >= 4 is 33.2 Å². The fourth-order valence-corrected chi connectivity index (χ4v) is 3.21. The normalized spacial score (nSPS) is 12.5. The quantitative estimate of drug-likeness (QED) is 0.710. The molecular weight excluding hydrogens is 371 g/mol. The van der Waals surface area contributed by atoms with Crippen LogP contribution in [0.2, 0.25) is 5.02 Å². The van der Waals surface area contributed by atoms with Crippen molar-refractivity contribution in [2.45, 2.75) is 17.9 Å². The third kappa shape index (κ3) is 4.91. The first-order valence-corrected chi connectivity index (χ1v) is 9.08. The molecule has 0 saturated carbocycles. The van der Waals surface area contributed by atoms with E-state index < -0.39 is 27.8 Å². The molecule has 0 bridgehead atoms. The van der Waals surface area contributed by atoms with Crippen molar-refractivity contribution in [1.29, 1.82) is 0 Å². The SMILES string of the molecule is CC(CO)NC(=O)c1ccc(Cl)c(NS(=O)(=O)c2ccc(F)cc2)c1. The standard InChI is InChI=1S/C16H16ClFN2O4S/c1-10(9-21)19-16(22)11-2-7-14(17)15(8-11)20-25(23,24)13-5-3-12(18)4-6-13/h2-8,10,20-21H,9H2,1H3,(H,19,22). The van der Waals surface area contributed by atoms with E-state index in [1.807, 2.05) is 0 Å². The third-order valence-electron chi connectivity index (χ3n) is 3.25. The summed E-state index contributed by atoms with van der Waals surface area (Å²) in [4.78, 5) is 11.9. The van der Waals surface area contributed by atoms with Gasteiger partial charge in [-0.3, -0.25) is 9.52 Å². The average Bonchev–Trinajstić information content (AvgIpc) is 2.56. The number of rotatable bonds is 6. The Morgan fingerprint density at radius 2 is 1.88 bits per heavy atom. The number of hydrogen-bond acceptors (Lipinski definition) is 4. The first-order valence-electron chi connectivity index (χ1n) is 7.22. The van der Waals surface area contributed by atoms with E-state index in [2.05, 4.69) is 10.0 Å². The van der Waals surface area contributed by atoms with Gasteiger partial charge >= 0.3 is 0 Å². The fourth-order valence-electron chi connectivity index (χ4n) is 1.91. The molecule has 9 heteroatoms. The molecule has 0 fully saturated rings. The summed E-state index contributed by atoms with van der Waals surface area (Å²) >= 11 is 5.99. The molecule has 25 heavy (non-hydrogen) atoms. The Labute approximate surface area is 149 Å². The third-order valence-corrected chi connectivity index (χ3v) is 4.96. The number of hydrogen-bond donors (Lipinski definition) is 3. The number of carbonyl (C=O) groups excluding carboxylic acids is 1. The molecule has 0 heterocycles. The summed E-state index contributed by atoms with van der Waals surface area (Å²) in [7, 11) is -4.00. The summed E-state index contributed by atoms with van der Waals surface area (Å²) in [6.45, 7) is 1.38. The van der Waals surface area contributed by atoms with Gasteiger partial charge in [-0.15, -0.1) is 0 Å². The van der Waals surface area contributed by atoms with Crippen molar-refractivity contribution < 1.29 is 22.7 Å². The largest absolute Gasteiger partial charge is 0.394 e. The second-order valence-electron chi connectivity index (χ2n) is 5.31. The molecule has 0 radical (unpaired) electrons. The van der Waals surface area contributed by atoms with E-state index >= 15 is 0 Å². The van der Waals surface area contributed by atoms with Gasteiger partial charge in [0.15, 0.2) is 0 Å². The van der Waals surface area contributed by atoms with Gasteiger partial charge < -0.3 is 10.4 Å². The Hall–Kier alpha value is -2.16. The predicted molar refractivity (Wildman–Crippen MR) is 92.7 cm³/mol. The van der Waals surface area contributed by atoms with E-state index in [-0.39, 0.29) is 27.8 Å². The van der Waals surface area contributed by atoms with Crippen LogP contribution >= 0.6 is 11.6 Å². The van der Waals surface area contributed by atoms with E-state index in [4.69, 9.17) is 16.7 Å². The van der Waals surface area contributed by atoms with Gasteiger partial charge in [-0.05, 0) is 49.4 Å². The summed E-state index contributed by atoms with van der Waals surface area (Å²) in [6, 6.07) is 7.91. The van der Waals surface area contributed by atoms with Crippen LogP contribution in [-0.4, -0.2) is 32.1 Å². The number of aliphatic hydroxyl groups excluding tert-OH is 1.